The number of esters is 1. The first-order chi connectivity index (χ1) is 25.0. The van der Waals surface area contributed by atoms with E-state index in [0.717, 1.165) is 48.5 Å². The fraction of sp³-hybridized carbons (Fsp3) is 0.529. The van der Waals surface area contributed by atoms with Crippen molar-refractivity contribution in [2.75, 3.05) is 0 Å². The number of ether oxygens (including phenoxy) is 2. The van der Waals surface area contributed by atoms with Crippen LogP contribution in [0.5, 0.6) is 0 Å². The van der Waals surface area contributed by atoms with Gasteiger partial charge in [0.15, 0.2) is 5.60 Å². The van der Waals surface area contributed by atoms with Crippen molar-refractivity contribution in [2.45, 2.75) is 113 Å². The molecule has 0 saturated carbocycles. The number of alkyl halides is 16. The third-order valence-electron chi connectivity index (χ3n) is 7.51. The zero-order valence-corrected chi connectivity index (χ0v) is 30.7. The van der Waals surface area contributed by atoms with Crippen molar-refractivity contribution in [1.29, 1.82) is 0 Å². The minimum absolute atomic E-state index is 0.0335. The molecule has 2 aromatic carbocycles. The fourth-order valence-corrected chi connectivity index (χ4v) is 5.02. The highest BCUT2D eigenvalue weighted by molar-refractivity contribution is 6.83. The van der Waals surface area contributed by atoms with E-state index in [9.17, 15) is 79.8 Å². The van der Waals surface area contributed by atoms with Gasteiger partial charge in [0, 0.05) is 12.8 Å². The molecule has 0 saturated heterocycles. The molecule has 0 spiro atoms. The molecule has 0 unspecified atom stereocenters. The second-order valence-corrected chi connectivity index (χ2v) is 18.7. The van der Waals surface area contributed by atoms with Gasteiger partial charge in [-0.3, -0.25) is 0 Å². The second-order valence-electron chi connectivity index (χ2n) is 13.9. The van der Waals surface area contributed by atoms with Gasteiger partial charge in [0.2, 0.25) is 0 Å². The molecule has 0 aliphatic heterocycles. The number of halogens is 16. The summed E-state index contributed by atoms with van der Waals surface area (Å²) in [6.45, 7) is 7.99. The second kappa shape index (κ2) is 16.4. The number of amides is 1. The van der Waals surface area contributed by atoms with E-state index in [0.29, 0.717) is 0 Å². The lowest BCUT2D eigenvalue weighted by Crippen LogP contribution is -2.70. The highest BCUT2D eigenvalue weighted by Gasteiger charge is 2.90. The number of hydrogen-bond donors (Lipinski definition) is 1. The van der Waals surface area contributed by atoms with Crippen LogP contribution in [0.4, 0.5) is 75.0 Å². The van der Waals surface area contributed by atoms with Crippen molar-refractivity contribution in [3.63, 3.8) is 0 Å². The standard InChI is InChI=1S/C34H33F16NO4Si/c1-27(2,16-17-56(3,4)5)55-25(52)24(18-21-10-12-23(13-11-21)29(37,38)39)51-26(53)54-19-22-8-6-20(7-9-22)14-15-28(35,36)30(40,41)31(42,43)32(44,45)33(46,47)34(48,49)50/h6-13,24H,14-15,18-19H2,1-5H3,(H,51,53)/t24-/m0/s1. The van der Waals surface area contributed by atoms with E-state index in [1.54, 1.807) is 0 Å². The first-order valence-electron chi connectivity index (χ1n) is 15.9. The molecule has 2 aromatic rings. The number of benzene rings is 2. The Morgan fingerprint density at radius 2 is 1.14 bits per heavy atom. The molecule has 1 atom stereocenters. The van der Waals surface area contributed by atoms with Gasteiger partial charge in [-0.1, -0.05) is 62.0 Å². The van der Waals surface area contributed by atoms with Crippen LogP contribution in [-0.2, 0) is 39.9 Å². The average molecular weight is 852 g/mol. The molecule has 22 heteroatoms. The van der Waals surface area contributed by atoms with E-state index < -0.39 is 105 Å². The number of carbonyl (C=O) groups is 2. The minimum atomic E-state index is -8.00. The van der Waals surface area contributed by atoms with Crippen LogP contribution in [0.3, 0.4) is 0 Å². The van der Waals surface area contributed by atoms with Gasteiger partial charge in [-0.15, -0.1) is 5.54 Å². The van der Waals surface area contributed by atoms with Gasteiger partial charge in [-0.05, 0) is 49.1 Å². The molecule has 0 aromatic heterocycles. The third-order valence-corrected chi connectivity index (χ3v) is 8.39. The van der Waals surface area contributed by atoms with Gasteiger partial charge in [0.25, 0.3) is 0 Å². The summed E-state index contributed by atoms with van der Waals surface area (Å²) in [7, 11) is -1.95. The summed E-state index contributed by atoms with van der Waals surface area (Å²) >= 11 is 0. The monoisotopic (exact) mass is 851 g/mol. The van der Waals surface area contributed by atoms with Crippen molar-refractivity contribution in [3.8, 4) is 11.5 Å². The maximum Gasteiger partial charge on any atom is 0.460 e. The number of aryl methyl sites for hydroxylation is 1. The molecular weight excluding hydrogens is 818 g/mol. The number of rotatable bonds is 14. The van der Waals surface area contributed by atoms with Crippen molar-refractivity contribution >= 4 is 20.1 Å². The zero-order chi connectivity index (χ0) is 43.6. The van der Waals surface area contributed by atoms with Gasteiger partial charge in [0.05, 0.1) is 5.56 Å². The molecule has 0 heterocycles. The van der Waals surface area contributed by atoms with Crippen LogP contribution >= 0.6 is 0 Å². The summed E-state index contributed by atoms with van der Waals surface area (Å²) in [6, 6.07) is 5.82. The molecule has 2 rings (SSSR count). The lowest BCUT2D eigenvalue weighted by molar-refractivity contribution is -0.440. The Balaban J connectivity index is 2.17. The Hall–Kier alpha value is -4.16. The largest absolute Gasteiger partial charge is 0.460 e. The van der Waals surface area contributed by atoms with Gasteiger partial charge < -0.3 is 14.8 Å². The van der Waals surface area contributed by atoms with Crippen LogP contribution in [0.15, 0.2) is 48.5 Å². The zero-order valence-electron chi connectivity index (χ0n) is 29.7. The third kappa shape index (κ3) is 11.5. The molecule has 1 amide bonds. The summed E-state index contributed by atoms with van der Waals surface area (Å²) in [6.07, 6.45) is -17.6. The first kappa shape index (κ1) is 48.0. The number of hydrogen-bond acceptors (Lipinski definition) is 4. The molecule has 0 fully saturated rings. The molecule has 1 N–H and O–H groups in total. The molecular formula is C34H33F16NO4Si. The van der Waals surface area contributed by atoms with Crippen LogP contribution in [-0.4, -0.2) is 67.6 Å². The number of alkyl carbamates (subject to hydrolysis) is 1. The Morgan fingerprint density at radius 1 is 0.679 bits per heavy atom. The Morgan fingerprint density at radius 3 is 1.61 bits per heavy atom. The maximum atomic E-state index is 14.2. The predicted molar refractivity (Wildman–Crippen MR) is 169 cm³/mol. The van der Waals surface area contributed by atoms with Crippen LogP contribution in [0.25, 0.3) is 0 Å². The lowest BCUT2D eigenvalue weighted by Gasteiger charge is -2.39. The van der Waals surface area contributed by atoms with E-state index in [1.807, 2.05) is 19.6 Å². The topological polar surface area (TPSA) is 64.6 Å². The highest BCUT2D eigenvalue weighted by Crippen LogP contribution is 2.60. The van der Waals surface area contributed by atoms with E-state index in [2.05, 4.69) is 16.8 Å². The van der Waals surface area contributed by atoms with E-state index >= 15 is 0 Å². The van der Waals surface area contributed by atoms with Crippen LogP contribution in [0, 0.1) is 11.5 Å². The van der Waals surface area contributed by atoms with E-state index in [1.165, 1.54) is 13.8 Å². The van der Waals surface area contributed by atoms with Crippen LogP contribution in [0.2, 0.25) is 19.6 Å². The fourth-order valence-electron chi connectivity index (χ4n) is 4.34. The van der Waals surface area contributed by atoms with Crippen molar-refractivity contribution in [2.24, 2.45) is 0 Å². The van der Waals surface area contributed by atoms with Crippen molar-refractivity contribution < 1.29 is 89.3 Å². The van der Waals surface area contributed by atoms with E-state index in [4.69, 9.17) is 9.47 Å². The van der Waals surface area contributed by atoms with Crippen LogP contribution in [0.1, 0.15) is 42.5 Å². The smallest absolute Gasteiger partial charge is 0.445 e. The summed E-state index contributed by atoms with van der Waals surface area (Å²) in [5, 5.41) is 2.20. The predicted octanol–water partition coefficient (Wildman–Crippen LogP) is 10.4. The SMILES string of the molecule is CC(C)(C#C[Si](C)(C)C)OC(=O)[C@H](Cc1ccc(C(F)(F)F)cc1)NC(=O)OCc1ccc(CCC(F)(F)C(F)(F)C(F)(F)C(F)(F)C(F)(F)C(F)(F)F)cc1. The van der Waals surface area contributed by atoms with Crippen molar-refractivity contribution in [1.82, 2.24) is 5.32 Å². The minimum Gasteiger partial charge on any atom is -0.445 e. The summed E-state index contributed by atoms with van der Waals surface area (Å²) in [5.74, 6) is -35.6. The molecule has 314 valence electrons. The quantitative estimate of drug-likeness (QED) is 0.0890. The van der Waals surface area contributed by atoms with Gasteiger partial charge in [-0.25, -0.2) is 9.59 Å². The summed E-state index contributed by atoms with van der Waals surface area (Å²) < 4.78 is 223. The van der Waals surface area contributed by atoms with Gasteiger partial charge in [-0.2, -0.15) is 70.2 Å². The Bertz CT molecular complexity index is 1740. The molecule has 0 bridgehead atoms. The van der Waals surface area contributed by atoms with Crippen LogP contribution < -0.4 is 5.32 Å². The lowest BCUT2D eigenvalue weighted by atomic mass is 9.91. The molecule has 5 nitrogen and oxygen atoms in total. The highest BCUT2D eigenvalue weighted by atomic mass is 28.3. The first-order valence-corrected chi connectivity index (χ1v) is 19.4. The summed E-state index contributed by atoms with van der Waals surface area (Å²) in [5.41, 5.74) is 0.438. The van der Waals surface area contributed by atoms with Gasteiger partial charge in [0.1, 0.15) is 20.7 Å². The number of carbonyl (C=O) groups excluding carboxylic acids is 2. The van der Waals surface area contributed by atoms with E-state index in [-0.39, 0.29) is 16.7 Å². The van der Waals surface area contributed by atoms with Crippen molar-refractivity contribution in [3.05, 3.63) is 70.8 Å². The maximum absolute atomic E-state index is 14.2. The Labute approximate surface area is 310 Å². The Kier molecular flexibility index (Phi) is 14.0. The molecule has 0 aliphatic carbocycles. The molecule has 0 aliphatic rings. The van der Waals surface area contributed by atoms with Gasteiger partial charge >= 0.3 is 54.0 Å². The number of nitrogens with one attached hydrogen (secondary N) is 1. The molecule has 0 radical (unpaired) electrons. The molecule has 56 heavy (non-hydrogen) atoms. The summed E-state index contributed by atoms with van der Waals surface area (Å²) in [4.78, 5) is 25.8. The normalized spacial score (nSPS) is 14.4. The average Bonchev–Trinajstić information content (AvgIpc) is 3.04.